The number of hydrogen-bond donors (Lipinski definition) is 0. The molecule has 142 valence electrons. The molecule has 0 aliphatic rings. The van der Waals surface area contributed by atoms with Crippen LogP contribution >= 0.6 is 18.6 Å². The summed E-state index contributed by atoms with van der Waals surface area (Å²) in [7, 11) is -2.11. The summed E-state index contributed by atoms with van der Waals surface area (Å²) < 4.78 is 0. The predicted octanol–water partition coefficient (Wildman–Crippen LogP) is 5.32. The molecule has 0 aliphatic heterocycles. The van der Waals surface area contributed by atoms with Crippen molar-refractivity contribution in [1.82, 2.24) is 0 Å². The Labute approximate surface area is 176 Å². The van der Waals surface area contributed by atoms with Crippen molar-refractivity contribution in [1.29, 1.82) is 0 Å². The normalized spacial score (nSPS) is 11.6. The van der Waals surface area contributed by atoms with Gasteiger partial charge in [-0.25, -0.2) is 0 Å². The van der Waals surface area contributed by atoms with E-state index in [9.17, 15) is 4.79 Å². The third-order valence-corrected chi connectivity index (χ3v) is 10.1. The molecule has 0 saturated heterocycles. The molecule has 0 amide bonds. The van der Waals surface area contributed by atoms with Crippen molar-refractivity contribution in [2.24, 2.45) is 0 Å². The molecule has 1 nitrogen and oxygen atoms in total. The number of allylic oxidation sites excluding steroid dienone is 1. The zero-order valence-corrected chi connectivity index (χ0v) is 17.7. The van der Waals surface area contributed by atoms with Crippen LogP contribution in [0, 0.1) is 0 Å². The first kappa shape index (κ1) is 19.5. The van der Waals surface area contributed by atoms with Crippen LogP contribution in [-0.4, -0.2) is 11.9 Å². The lowest BCUT2D eigenvalue weighted by Crippen LogP contribution is -2.35. The summed E-state index contributed by atoms with van der Waals surface area (Å²) in [5.41, 5.74) is 0. The minimum absolute atomic E-state index is 0.156. The second-order valence-corrected chi connectivity index (χ2v) is 11.3. The molecule has 29 heavy (non-hydrogen) atoms. The van der Waals surface area contributed by atoms with Gasteiger partial charge in [-0.1, -0.05) is 60.7 Å². The molecule has 3 heteroatoms. The van der Waals surface area contributed by atoms with Gasteiger partial charge in [-0.3, -0.25) is 4.79 Å². The number of ketones is 1. The van der Waals surface area contributed by atoms with E-state index in [1.165, 1.54) is 15.9 Å². The van der Waals surface area contributed by atoms with Gasteiger partial charge in [0.2, 0.25) is 0 Å². The van der Waals surface area contributed by atoms with E-state index < -0.39 is 7.26 Å². The highest BCUT2D eigenvalue weighted by Gasteiger charge is 2.46. The summed E-state index contributed by atoms with van der Waals surface area (Å²) in [5.74, 6) is 0.156. The number of thiophene rings is 1. The zero-order valence-electron chi connectivity index (χ0n) is 16.0. The molecule has 1 heterocycles. The molecule has 0 N–H and O–H groups in total. The summed E-state index contributed by atoms with van der Waals surface area (Å²) in [4.78, 5) is 14.3. The Morgan fingerprint density at radius 3 is 1.59 bits per heavy atom. The van der Waals surface area contributed by atoms with E-state index >= 15 is 0 Å². The SMILES string of the molecule is O=C(/C=C/c1cccs1)C[P+](c1ccccc1)(c1ccccc1)c1ccccc1. The van der Waals surface area contributed by atoms with Crippen LogP contribution in [0.5, 0.6) is 0 Å². The van der Waals surface area contributed by atoms with Gasteiger partial charge >= 0.3 is 0 Å². The number of carbonyl (C=O) groups is 1. The van der Waals surface area contributed by atoms with E-state index in [1.54, 1.807) is 17.4 Å². The van der Waals surface area contributed by atoms with Gasteiger partial charge in [0.1, 0.15) is 29.3 Å². The quantitative estimate of drug-likeness (QED) is 0.296. The van der Waals surface area contributed by atoms with Gasteiger partial charge in [-0.15, -0.1) is 11.3 Å². The van der Waals surface area contributed by atoms with Crippen LogP contribution in [0.25, 0.3) is 6.08 Å². The Morgan fingerprint density at radius 2 is 1.17 bits per heavy atom. The largest absolute Gasteiger partial charge is 0.291 e. The first-order valence-electron chi connectivity index (χ1n) is 9.58. The lowest BCUT2D eigenvalue weighted by atomic mass is 10.3. The Hall–Kier alpha value is -2.80. The fourth-order valence-corrected chi connectivity index (χ4v) is 8.29. The van der Waals surface area contributed by atoms with Crippen molar-refractivity contribution in [3.05, 3.63) is 119 Å². The van der Waals surface area contributed by atoms with Gasteiger partial charge in [0, 0.05) is 4.88 Å². The molecular weight excluding hydrogens is 391 g/mol. The van der Waals surface area contributed by atoms with Crippen LogP contribution < -0.4 is 15.9 Å². The average Bonchev–Trinajstić information content (AvgIpc) is 3.32. The van der Waals surface area contributed by atoms with Crippen LogP contribution in [0.3, 0.4) is 0 Å². The van der Waals surface area contributed by atoms with E-state index in [2.05, 4.69) is 72.8 Å². The van der Waals surface area contributed by atoms with Crippen molar-refractivity contribution in [3.8, 4) is 0 Å². The summed E-state index contributed by atoms with van der Waals surface area (Å²) in [6.45, 7) is 0. The number of hydrogen-bond acceptors (Lipinski definition) is 2. The molecule has 0 unspecified atom stereocenters. The van der Waals surface area contributed by atoms with E-state index in [4.69, 9.17) is 0 Å². The van der Waals surface area contributed by atoms with Crippen molar-refractivity contribution < 1.29 is 4.79 Å². The van der Waals surface area contributed by atoms with E-state index in [-0.39, 0.29) is 5.78 Å². The van der Waals surface area contributed by atoms with Crippen LogP contribution in [0.4, 0.5) is 0 Å². The van der Waals surface area contributed by atoms with Crippen molar-refractivity contribution in [2.75, 3.05) is 6.16 Å². The highest BCUT2D eigenvalue weighted by atomic mass is 32.1. The first-order chi connectivity index (χ1) is 14.3. The minimum Gasteiger partial charge on any atom is -0.291 e. The number of rotatable bonds is 7. The molecule has 0 bridgehead atoms. The van der Waals surface area contributed by atoms with Crippen LogP contribution in [0.1, 0.15) is 4.88 Å². The number of benzene rings is 3. The first-order valence-corrected chi connectivity index (χ1v) is 12.4. The molecular formula is C26H22OPS+. The molecule has 3 aromatic carbocycles. The third-order valence-electron chi connectivity index (χ3n) is 4.96. The summed E-state index contributed by atoms with van der Waals surface area (Å²) in [5, 5.41) is 5.72. The number of carbonyl (C=O) groups excluding carboxylic acids is 1. The summed E-state index contributed by atoms with van der Waals surface area (Å²) in [6, 6.07) is 35.6. The van der Waals surface area contributed by atoms with Gasteiger partial charge in [0.25, 0.3) is 0 Å². The Kier molecular flexibility index (Phi) is 6.14. The Bertz CT molecular complexity index is 975. The maximum atomic E-state index is 13.2. The van der Waals surface area contributed by atoms with Gasteiger partial charge in [0.05, 0.1) is 0 Å². The fourth-order valence-electron chi connectivity index (χ4n) is 3.62. The summed E-state index contributed by atoms with van der Waals surface area (Å²) >= 11 is 1.64. The molecule has 4 aromatic rings. The maximum Gasteiger partial charge on any atom is 0.193 e. The van der Waals surface area contributed by atoms with E-state index in [0.717, 1.165) is 4.88 Å². The third kappa shape index (κ3) is 4.29. The summed E-state index contributed by atoms with van der Waals surface area (Å²) in [6.07, 6.45) is 4.16. The highest BCUT2D eigenvalue weighted by molar-refractivity contribution is 7.96. The lowest BCUT2D eigenvalue weighted by molar-refractivity contribution is -0.112. The van der Waals surface area contributed by atoms with Crippen molar-refractivity contribution in [2.45, 2.75) is 0 Å². The topological polar surface area (TPSA) is 17.1 Å². The van der Waals surface area contributed by atoms with E-state index in [1.807, 2.05) is 41.8 Å². The predicted molar refractivity (Wildman–Crippen MR) is 128 cm³/mol. The standard InChI is InChI=1S/C26H22OPS/c27-22(18-19-26-17-10-20-29-26)21-28(23-11-4-1-5-12-23,24-13-6-2-7-14-24)25-15-8-3-9-16-25/h1-20H,21H2/q+1/b19-18+. The minimum atomic E-state index is -2.11. The van der Waals surface area contributed by atoms with E-state index in [0.29, 0.717) is 6.16 Å². The van der Waals surface area contributed by atoms with Crippen molar-refractivity contribution in [3.63, 3.8) is 0 Å². The molecule has 0 atom stereocenters. The second kappa shape index (κ2) is 9.13. The van der Waals surface area contributed by atoms with Gasteiger partial charge in [-0.05, 0) is 60.0 Å². The molecule has 0 saturated carbocycles. The van der Waals surface area contributed by atoms with Crippen LogP contribution in [-0.2, 0) is 4.79 Å². The molecule has 1 aromatic heterocycles. The molecule has 0 aliphatic carbocycles. The molecule has 0 fully saturated rings. The maximum absolute atomic E-state index is 13.2. The lowest BCUT2D eigenvalue weighted by Gasteiger charge is -2.26. The second-order valence-electron chi connectivity index (χ2n) is 6.79. The van der Waals surface area contributed by atoms with Gasteiger partial charge < -0.3 is 0 Å². The smallest absolute Gasteiger partial charge is 0.193 e. The van der Waals surface area contributed by atoms with Gasteiger partial charge in [0.15, 0.2) is 5.78 Å². The zero-order chi connectivity index (χ0) is 19.9. The monoisotopic (exact) mass is 413 g/mol. The molecule has 0 spiro atoms. The van der Waals surface area contributed by atoms with Gasteiger partial charge in [-0.2, -0.15) is 0 Å². The molecule has 4 rings (SSSR count). The van der Waals surface area contributed by atoms with Crippen molar-refractivity contribution >= 4 is 46.4 Å². The van der Waals surface area contributed by atoms with Crippen LogP contribution in [0.15, 0.2) is 115 Å². The average molecular weight is 414 g/mol. The fraction of sp³-hybridized carbons (Fsp3) is 0.0385. The Balaban J connectivity index is 1.85. The molecule has 0 radical (unpaired) electrons. The van der Waals surface area contributed by atoms with Crippen LogP contribution in [0.2, 0.25) is 0 Å². The highest BCUT2D eigenvalue weighted by Crippen LogP contribution is 2.55. The Morgan fingerprint density at radius 1 is 0.690 bits per heavy atom.